The third-order valence-electron chi connectivity index (χ3n) is 3.85. The van der Waals surface area contributed by atoms with E-state index >= 15 is 0 Å². The fourth-order valence-corrected chi connectivity index (χ4v) is 2.72. The molecule has 1 aromatic carbocycles. The molecule has 1 N–H and O–H groups in total. The van der Waals surface area contributed by atoms with Gasteiger partial charge in [0.2, 0.25) is 0 Å². The zero-order chi connectivity index (χ0) is 13.2. The van der Waals surface area contributed by atoms with Crippen LogP contribution >= 0.6 is 0 Å². The van der Waals surface area contributed by atoms with Crippen LogP contribution in [-0.4, -0.2) is 43.7 Å². The summed E-state index contributed by atoms with van der Waals surface area (Å²) in [4.78, 5) is 2.39. The summed E-state index contributed by atoms with van der Waals surface area (Å²) in [6.07, 6.45) is -0.100. The summed E-state index contributed by atoms with van der Waals surface area (Å²) in [7, 11) is 0. The highest BCUT2D eigenvalue weighted by Crippen LogP contribution is 2.26. The number of fused-ring (bicyclic) bond motifs is 1. The van der Waals surface area contributed by atoms with Crippen molar-refractivity contribution >= 4 is 0 Å². The van der Waals surface area contributed by atoms with Crippen molar-refractivity contribution in [3.05, 3.63) is 35.1 Å². The van der Waals surface area contributed by atoms with Crippen molar-refractivity contribution < 1.29 is 9.13 Å². The summed E-state index contributed by atoms with van der Waals surface area (Å²) in [5.41, 5.74) is 0.896. The molecule has 0 bridgehead atoms. The molecule has 2 fully saturated rings. The molecular formula is C14H16FN3O. The number of piperazine rings is 1. The van der Waals surface area contributed by atoms with Crippen molar-refractivity contribution in [3.8, 4) is 6.07 Å². The predicted octanol–water partition coefficient (Wildman–Crippen LogP) is 1.04. The average molecular weight is 261 g/mol. The minimum Gasteiger partial charge on any atom is -0.371 e. The van der Waals surface area contributed by atoms with Gasteiger partial charge in [0.25, 0.3) is 0 Å². The van der Waals surface area contributed by atoms with Crippen molar-refractivity contribution in [1.82, 2.24) is 10.2 Å². The molecule has 0 radical (unpaired) electrons. The molecule has 1 aromatic rings. The number of rotatable bonds is 1. The quantitative estimate of drug-likeness (QED) is 0.820. The number of hydrogen-bond acceptors (Lipinski definition) is 4. The molecule has 0 spiro atoms. The number of benzene rings is 1. The van der Waals surface area contributed by atoms with Crippen LogP contribution in [-0.2, 0) is 4.74 Å². The van der Waals surface area contributed by atoms with Crippen LogP contribution in [0.4, 0.5) is 4.39 Å². The van der Waals surface area contributed by atoms with Gasteiger partial charge in [-0.3, -0.25) is 4.90 Å². The first kappa shape index (κ1) is 12.5. The number of hydrogen-bond donors (Lipinski definition) is 1. The molecule has 2 saturated heterocycles. The molecule has 0 aromatic heterocycles. The zero-order valence-corrected chi connectivity index (χ0v) is 10.6. The Morgan fingerprint density at radius 1 is 1.47 bits per heavy atom. The highest BCUT2D eigenvalue weighted by Gasteiger charge is 2.31. The van der Waals surface area contributed by atoms with E-state index in [0.717, 1.165) is 31.7 Å². The number of nitrogens with zero attached hydrogens (tertiary/aromatic N) is 2. The van der Waals surface area contributed by atoms with Gasteiger partial charge in [0.15, 0.2) is 0 Å². The molecule has 2 heterocycles. The Hall–Kier alpha value is -1.48. The van der Waals surface area contributed by atoms with Crippen LogP contribution in [0.2, 0.25) is 0 Å². The lowest BCUT2D eigenvalue weighted by atomic mass is 10.0. The van der Waals surface area contributed by atoms with Crippen LogP contribution in [0.5, 0.6) is 0 Å². The van der Waals surface area contributed by atoms with Gasteiger partial charge >= 0.3 is 0 Å². The third kappa shape index (κ3) is 2.47. The van der Waals surface area contributed by atoms with Gasteiger partial charge in [-0.1, -0.05) is 6.07 Å². The molecule has 19 heavy (non-hydrogen) atoms. The van der Waals surface area contributed by atoms with Crippen LogP contribution in [0.3, 0.4) is 0 Å². The molecule has 2 aliphatic heterocycles. The topological polar surface area (TPSA) is 48.3 Å². The molecule has 2 atom stereocenters. The van der Waals surface area contributed by atoms with Crippen LogP contribution in [0.15, 0.2) is 18.2 Å². The van der Waals surface area contributed by atoms with Crippen LogP contribution in [0.1, 0.15) is 17.2 Å². The highest BCUT2D eigenvalue weighted by atomic mass is 19.1. The van der Waals surface area contributed by atoms with Gasteiger partial charge in [0.05, 0.1) is 18.3 Å². The molecule has 0 saturated carbocycles. The van der Waals surface area contributed by atoms with E-state index in [1.807, 2.05) is 6.07 Å². The van der Waals surface area contributed by atoms with Gasteiger partial charge in [-0.05, 0) is 17.7 Å². The Kier molecular flexibility index (Phi) is 3.47. The SMILES string of the molecule is N#Cc1ccc([C@@H]2CN3CCNCC3CO2)cc1F. The summed E-state index contributed by atoms with van der Waals surface area (Å²) in [6.45, 7) is 4.40. The Bertz CT molecular complexity index is 514. The molecule has 4 nitrogen and oxygen atoms in total. The monoisotopic (exact) mass is 261 g/mol. The van der Waals surface area contributed by atoms with Gasteiger partial charge in [0, 0.05) is 32.2 Å². The largest absolute Gasteiger partial charge is 0.371 e. The first-order chi connectivity index (χ1) is 9.28. The molecule has 1 unspecified atom stereocenters. The number of halogens is 1. The summed E-state index contributed by atoms with van der Waals surface area (Å²) in [5, 5.41) is 12.1. The summed E-state index contributed by atoms with van der Waals surface area (Å²) in [5.74, 6) is -0.467. The number of ether oxygens (including phenoxy) is 1. The molecule has 3 rings (SSSR count). The van der Waals surface area contributed by atoms with Crippen molar-refractivity contribution in [1.29, 1.82) is 5.26 Å². The van der Waals surface area contributed by atoms with Gasteiger partial charge < -0.3 is 10.1 Å². The van der Waals surface area contributed by atoms with Gasteiger partial charge in [0.1, 0.15) is 11.9 Å². The molecule has 0 amide bonds. The second kappa shape index (κ2) is 5.25. The average Bonchev–Trinajstić information content (AvgIpc) is 2.46. The van der Waals surface area contributed by atoms with Gasteiger partial charge in [-0.25, -0.2) is 4.39 Å². The Morgan fingerprint density at radius 2 is 2.37 bits per heavy atom. The van der Waals surface area contributed by atoms with Crippen LogP contribution in [0, 0.1) is 17.1 Å². The number of nitriles is 1. The molecule has 100 valence electrons. The van der Waals surface area contributed by atoms with E-state index < -0.39 is 5.82 Å². The smallest absolute Gasteiger partial charge is 0.141 e. The Labute approximate surface area is 111 Å². The minimum absolute atomic E-state index is 0.0830. The Morgan fingerprint density at radius 3 is 3.16 bits per heavy atom. The molecule has 5 heteroatoms. The van der Waals surface area contributed by atoms with E-state index in [2.05, 4.69) is 10.2 Å². The van der Waals surface area contributed by atoms with E-state index in [9.17, 15) is 4.39 Å². The third-order valence-corrected chi connectivity index (χ3v) is 3.85. The van der Waals surface area contributed by atoms with E-state index in [1.54, 1.807) is 6.07 Å². The van der Waals surface area contributed by atoms with Gasteiger partial charge in [-0.15, -0.1) is 0 Å². The fraction of sp³-hybridized carbons (Fsp3) is 0.500. The van der Waals surface area contributed by atoms with Crippen molar-refractivity contribution in [2.24, 2.45) is 0 Å². The maximum atomic E-state index is 13.6. The lowest BCUT2D eigenvalue weighted by Crippen LogP contribution is -2.57. The first-order valence-electron chi connectivity index (χ1n) is 6.54. The summed E-state index contributed by atoms with van der Waals surface area (Å²) in [6, 6.07) is 7.00. The number of nitrogens with one attached hydrogen (secondary N) is 1. The van der Waals surface area contributed by atoms with E-state index in [4.69, 9.17) is 10.00 Å². The lowest BCUT2D eigenvalue weighted by molar-refractivity contribution is -0.0718. The summed E-state index contributed by atoms with van der Waals surface area (Å²) < 4.78 is 19.5. The maximum absolute atomic E-state index is 13.6. The lowest BCUT2D eigenvalue weighted by Gasteiger charge is -2.42. The second-order valence-corrected chi connectivity index (χ2v) is 5.03. The minimum atomic E-state index is -0.467. The van der Waals surface area contributed by atoms with Crippen molar-refractivity contribution in [3.63, 3.8) is 0 Å². The summed E-state index contributed by atoms with van der Waals surface area (Å²) >= 11 is 0. The second-order valence-electron chi connectivity index (χ2n) is 5.03. The van der Waals surface area contributed by atoms with E-state index in [-0.39, 0.29) is 11.7 Å². The molecule has 0 aliphatic carbocycles. The normalized spacial score (nSPS) is 27.6. The van der Waals surface area contributed by atoms with E-state index in [0.29, 0.717) is 12.6 Å². The van der Waals surface area contributed by atoms with Crippen LogP contribution in [0.25, 0.3) is 0 Å². The Balaban J connectivity index is 1.76. The first-order valence-corrected chi connectivity index (χ1v) is 6.54. The highest BCUT2D eigenvalue weighted by molar-refractivity contribution is 5.34. The zero-order valence-electron chi connectivity index (χ0n) is 10.6. The maximum Gasteiger partial charge on any atom is 0.141 e. The van der Waals surface area contributed by atoms with Gasteiger partial charge in [-0.2, -0.15) is 5.26 Å². The fourth-order valence-electron chi connectivity index (χ4n) is 2.72. The van der Waals surface area contributed by atoms with Crippen LogP contribution < -0.4 is 5.32 Å². The van der Waals surface area contributed by atoms with Crippen molar-refractivity contribution in [2.45, 2.75) is 12.1 Å². The molecule has 2 aliphatic rings. The van der Waals surface area contributed by atoms with Crippen molar-refractivity contribution in [2.75, 3.05) is 32.8 Å². The number of morpholine rings is 1. The molecular weight excluding hydrogens is 245 g/mol. The standard InChI is InChI=1S/C14H16FN3O/c15-13-5-10(1-2-11(13)6-16)14-8-18-4-3-17-7-12(18)9-19-14/h1-2,5,12,14,17H,3-4,7-9H2/t12?,14-/m0/s1. The van der Waals surface area contributed by atoms with E-state index in [1.165, 1.54) is 12.1 Å². The predicted molar refractivity (Wildman–Crippen MR) is 68.0 cm³/mol.